The third-order valence-electron chi connectivity index (χ3n) is 5.83. The zero-order valence-corrected chi connectivity index (χ0v) is 18.2. The van der Waals surface area contributed by atoms with Crippen molar-refractivity contribution in [3.63, 3.8) is 0 Å². The zero-order valence-electron chi connectivity index (χ0n) is 18.2. The maximum atomic E-state index is 14.2. The van der Waals surface area contributed by atoms with Crippen LogP contribution in [0.4, 0.5) is 8.78 Å². The molecule has 0 saturated carbocycles. The van der Waals surface area contributed by atoms with Gasteiger partial charge in [-0.3, -0.25) is 4.79 Å². The predicted molar refractivity (Wildman–Crippen MR) is 113 cm³/mol. The van der Waals surface area contributed by atoms with Crippen LogP contribution in [-0.2, 0) is 12.0 Å². The van der Waals surface area contributed by atoms with Crippen LogP contribution in [0.25, 0.3) is 11.0 Å². The van der Waals surface area contributed by atoms with Gasteiger partial charge >= 0.3 is 0 Å². The Kier molecular flexibility index (Phi) is 4.86. The number of carbonyl (C=O) groups excluding carboxylic acids is 1. The Morgan fingerprint density at radius 3 is 2.76 bits per heavy atom. The van der Waals surface area contributed by atoms with Gasteiger partial charge in [0, 0.05) is 24.0 Å². The number of H-pyrrole nitrogens is 1. The molecule has 1 amide bonds. The highest BCUT2D eigenvalue weighted by molar-refractivity contribution is 5.93. The van der Waals surface area contributed by atoms with E-state index in [4.69, 9.17) is 8.83 Å². The minimum absolute atomic E-state index is 0.00521. The number of carbonyl (C=O) groups is 1. The van der Waals surface area contributed by atoms with Gasteiger partial charge in [-0.1, -0.05) is 18.2 Å². The second-order valence-corrected chi connectivity index (χ2v) is 8.59. The van der Waals surface area contributed by atoms with E-state index in [9.17, 15) is 18.7 Å². The average molecular weight is 456 g/mol. The lowest BCUT2D eigenvalue weighted by Gasteiger charge is -2.33. The number of imidazole rings is 1. The molecule has 4 heterocycles. The van der Waals surface area contributed by atoms with Crippen molar-refractivity contribution in [3.8, 4) is 0 Å². The van der Waals surface area contributed by atoms with Crippen LogP contribution in [0.1, 0.15) is 71.2 Å². The molecule has 3 aromatic heterocycles. The molecule has 0 radical (unpaired) electrons. The van der Waals surface area contributed by atoms with Crippen LogP contribution >= 0.6 is 0 Å². The number of nitrogens with zero attached hydrogens (tertiary/aromatic N) is 3. The molecule has 4 aromatic rings. The highest BCUT2D eigenvalue weighted by Gasteiger charge is 2.42. The van der Waals surface area contributed by atoms with Crippen molar-refractivity contribution in [1.29, 1.82) is 0 Å². The predicted octanol–water partition coefficient (Wildman–Crippen LogP) is 4.41. The van der Waals surface area contributed by atoms with Gasteiger partial charge in [-0.25, -0.2) is 18.7 Å². The number of aliphatic hydroxyl groups is 1. The Morgan fingerprint density at radius 2 is 2.06 bits per heavy atom. The topological polar surface area (TPSA) is 108 Å². The summed E-state index contributed by atoms with van der Waals surface area (Å²) in [6, 6.07) is 5.55. The summed E-state index contributed by atoms with van der Waals surface area (Å²) < 4.78 is 40.0. The molecule has 0 aliphatic carbocycles. The number of fused-ring (bicyclic) bond motifs is 2. The number of benzene rings is 1. The van der Waals surface area contributed by atoms with Gasteiger partial charge in [-0.15, -0.1) is 0 Å². The van der Waals surface area contributed by atoms with Gasteiger partial charge in [0.25, 0.3) is 12.3 Å². The Bertz CT molecular complexity index is 1350. The molecule has 5 rings (SSSR count). The number of furan rings is 1. The molecular formula is C23H22F2N4O4. The smallest absolute Gasteiger partial charge is 0.292 e. The number of nitrogens with one attached hydrogen (secondary N) is 1. The third-order valence-corrected chi connectivity index (χ3v) is 5.83. The summed E-state index contributed by atoms with van der Waals surface area (Å²) in [6.45, 7) is 4.80. The fourth-order valence-corrected chi connectivity index (χ4v) is 4.26. The highest BCUT2D eigenvalue weighted by atomic mass is 19.3. The number of aromatic nitrogens is 3. The van der Waals surface area contributed by atoms with Gasteiger partial charge in [0.15, 0.2) is 0 Å². The lowest BCUT2D eigenvalue weighted by atomic mass is 9.96. The molecule has 10 heteroatoms. The molecule has 1 atom stereocenters. The third kappa shape index (κ3) is 3.41. The lowest BCUT2D eigenvalue weighted by molar-refractivity contribution is 0.0436. The summed E-state index contributed by atoms with van der Waals surface area (Å²) >= 11 is 0. The summed E-state index contributed by atoms with van der Waals surface area (Å²) in [7, 11) is 0. The number of hydrogen-bond donors (Lipinski definition) is 2. The first-order chi connectivity index (χ1) is 15.7. The van der Waals surface area contributed by atoms with E-state index < -0.39 is 24.0 Å². The van der Waals surface area contributed by atoms with Gasteiger partial charge in [-0.2, -0.15) is 0 Å². The molecule has 33 heavy (non-hydrogen) atoms. The van der Waals surface area contributed by atoms with E-state index in [0.29, 0.717) is 23.4 Å². The number of aromatic amines is 1. The standard InChI is InChI=1S/C23H22F2N4O4/c1-11-18(33-22(28-11)23(2,3)31)21(30)29-9-8-13-16(27-10-26-13)17(29)19-15(20(24)25)12-6-4-5-7-14(12)32-19/h4-7,10,17,20,31H,8-9H2,1-3H3,(H,26,27)/t17-/m1/s1. The summed E-state index contributed by atoms with van der Waals surface area (Å²) in [6.07, 6.45) is -0.894. The van der Waals surface area contributed by atoms with Crippen LogP contribution in [0, 0.1) is 6.92 Å². The van der Waals surface area contributed by atoms with Gasteiger partial charge in [-0.05, 0) is 26.8 Å². The minimum atomic E-state index is -2.82. The van der Waals surface area contributed by atoms with E-state index in [1.54, 1.807) is 31.2 Å². The highest BCUT2D eigenvalue weighted by Crippen LogP contribution is 2.43. The van der Waals surface area contributed by atoms with Crippen LogP contribution in [0.5, 0.6) is 0 Å². The molecule has 1 aliphatic rings. The Balaban J connectivity index is 1.67. The van der Waals surface area contributed by atoms with Crippen LogP contribution in [0.2, 0.25) is 0 Å². The molecule has 2 N–H and O–H groups in total. The lowest BCUT2D eigenvalue weighted by Crippen LogP contribution is -2.41. The van der Waals surface area contributed by atoms with Crippen molar-refractivity contribution in [1.82, 2.24) is 19.9 Å². The van der Waals surface area contributed by atoms with Gasteiger partial charge in [0.2, 0.25) is 11.7 Å². The number of rotatable bonds is 4. The Hall–Kier alpha value is -3.53. The van der Waals surface area contributed by atoms with Crippen molar-refractivity contribution in [2.24, 2.45) is 0 Å². The van der Waals surface area contributed by atoms with Crippen molar-refractivity contribution in [3.05, 3.63) is 70.6 Å². The summed E-state index contributed by atoms with van der Waals surface area (Å²) in [5, 5.41) is 10.5. The monoisotopic (exact) mass is 456 g/mol. The number of para-hydroxylation sites is 1. The van der Waals surface area contributed by atoms with Crippen molar-refractivity contribution < 1.29 is 27.5 Å². The van der Waals surface area contributed by atoms with E-state index in [1.165, 1.54) is 25.1 Å². The van der Waals surface area contributed by atoms with Crippen LogP contribution < -0.4 is 0 Å². The first kappa shape index (κ1) is 21.3. The number of halogens is 2. The largest absolute Gasteiger partial charge is 0.458 e. The molecular weight excluding hydrogens is 434 g/mol. The van der Waals surface area contributed by atoms with Crippen LogP contribution in [0.3, 0.4) is 0 Å². The summed E-state index contributed by atoms with van der Waals surface area (Å²) in [5.74, 6) is -0.650. The molecule has 0 saturated heterocycles. The first-order valence-electron chi connectivity index (χ1n) is 10.5. The maximum Gasteiger partial charge on any atom is 0.292 e. The van der Waals surface area contributed by atoms with Gasteiger partial charge in [0.1, 0.15) is 23.0 Å². The van der Waals surface area contributed by atoms with E-state index in [1.807, 2.05) is 0 Å². The van der Waals surface area contributed by atoms with Crippen LogP contribution in [0.15, 0.2) is 39.4 Å². The number of oxazole rings is 1. The number of alkyl halides is 2. The number of aryl methyl sites for hydroxylation is 1. The zero-order chi connectivity index (χ0) is 23.5. The van der Waals surface area contributed by atoms with E-state index in [-0.39, 0.29) is 34.9 Å². The average Bonchev–Trinajstić information content (AvgIpc) is 3.47. The Morgan fingerprint density at radius 1 is 1.30 bits per heavy atom. The molecule has 1 aromatic carbocycles. The number of amides is 1. The fraction of sp³-hybridized carbons (Fsp3) is 0.348. The minimum Gasteiger partial charge on any atom is -0.458 e. The van der Waals surface area contributed by atoms with E-state index in [0.717, 1.165) is 5.69 Å². The molecule has 0 unspecified atom stereocenters. The number of hydrogen-bond acceptors (Lipinski definition) is 6. The maximum absolute atomic E-state index is 14.2. The molecule has 0 bridgehead atoms. The quantitative estimate of drug-likeness (QED) is 0.471. The molecule has 172 valence electrons. The molecule has 0 fully saturated rings. The normalized spacial score (nSPS) is 16.6. The van der Waals surface area contributed by atoms with Crippen LogP contribution in [-0.4, -0.2) is 37.4 Å². The molecule has 0 spiro atoms. The Labute approximate surface area is 187 Å². The van der Waals surface area contributed by atoms with E-state index in [2.05, 4.69) is 15.0 Å². The second-order valence-electron chi connectivity index (χ2n) is 8.59. The molecule has 8 nitrogen and oxygen atoms in total. The SMILES string of the molecule is Cc1nc(C(C)(C)O)oc1C(=O)N1CCc2[nH]cnc2[C@@H]1c1oc2ccccc2c1C(F)F. The van der Waals surface area contributed by atoms with Crippen molar-refractivity contribution in [2.75, 3.05) is 6.54 Å². The van der Waals surface area contributed by atoms with Gasteiger partial charge in [0.05, 0.1) is 23.3 Å². The second kappa shape index (κ2) is 7.51. The summed E-state index contributed by atoms with van der Waals surface area (Å²) in [4.78, 5) is 26.6. The first-order valence-corrected chi connectivity index (χ1v) is 10.5. The van der Waals surface area contributed by atoms with E-state index >= 15 is 0 Å². The van der Waals surface area contributed by atoms with Crippen molar-refractivity contribution in [2.45, 2.75) is 45.3 Å². The summed E-state index contributed by atoms with van der Waals surface area (Å²) in [5.41, 5.74) is 0.129. The molecule has 1 aliphatic heterocycles. The van der Waals surface area contributed by atoms with Gasteiger partial charge < -0.3 is 23.8 Å². The van der Waals surface area contributed by atoms with Crippen molar-refractivity contribution >= 4 is 16.9 Å². The fourth-order valence-electron chi connectivity index (χ4n) is 4.26.